The van der Waals surface area contributed by atoms with Gasteiger partial charge < -0.3 is 29.7 Å². The van der Waals surface area contributed by atoms with E-state index < -0.39 is 22.0 Å². The second kappa shape index (κ2) is 15.2. The van der Waals surface area contributed by atoms with Gasteiger partial charge >= 0.3 is 11.9 Å². The Kier molecular flexibility index (Phi) is 12.4. The van der Waals surface area contributed by atoms with Crippen LogP contribution >= 0.6 is 0 Å². The molecule has 1 aliphatic rings. The Hall–Kier alpha value is -3.42. The number of nitrogens with one attached hydrogen (secondary N) is 1. The van der Waals surface area contributed by atoms with E-state index in [2.05, 4.69) is 5.32 Å². The first-order valence-corrected chi connectivity index (χ1v) is 13.8. The first-order valence-electron chi connectivity index (χ1n) is 12.3. The minimum absolute atomic E-state index is 0.0712. The summed E-state index contributed by atoms with van der Waals surface area (Å²) >= 11 is 0. The SMILES string of the molecule is COc1ccc(F)cc1OCCNC(C)Cc1ccc(OC)c(S(=O)(=O)N2CCCCC2)c1.O=C(O)C(=O)O. The van der Waals surface area contributed by atoms with Gasteiger partial charge in [-0.15, -0.1) is 0 Å². The third kappa shape index (κ3) is 9.68. The molecule has 0 aliphatic carbocycles. The summed E-state index contributed by atoms with van der Waals surface area (Å²) in [5.74, 6) is -2.84. The van der Waals surface area contributed by atoms with E-state index in [1.54, 1.807) is 16.4 Å². The Labute approximate surface area is 227 Å². The number of hydrogen-bond acceptors (Lipinski definition) is 8. The lowest BCUT2D eigenvalue weighted by Crippen LogP contribution is -2.36. The van der Waals surface area contributed by atoms with Crippen molar-refractivity contribution in [2.24, 2.45) is 0 Å². The van der Waals surface area contributed by atoms with Crippen LogP contribution in [0.2, 0.25) is 0 Å². The van der Waals surface area contributed by atoms with Crippen molar-refractivity contribution in [3.63, 3.8) is 0 Å². The first kappa shape index (κ1) is 31.8. The summed E-state index contributed by atoms with van der Waals surface area (Å²) in [6.45, 7) is 3.98. The minimum Gasteiger partial charge on any atom is -0.495 e. The van der Waals surface area contributed by atoms with E-state index in [0.29, 0.717) is 49.9 Å². The molecule has 0 saturated carbocycles. The number of sulfonamides is 1. The zero-order chi connectivity index (χ0) is 29.0. The van der Waals surface area contributed by atoms with E-state index in [1.165, 1.54) is 32.4 Å². The number of ether oxygens (including phenoxy) is 3. The number of methoxy groups -OCH3 is 2. The highest BCUT2D eigenvalue weighted by Gasteiger charge is 2.29. The molecule has 3 rings (SSSR count). The number of halogens is 1. The summed E-state index contributed by atoms with van der Waals surface area (Å²) in [6.07, 6.45) is 3.45. The van der Waals surface area contributed by atoms with E-state index in [4.69, 9.17) is 34.0 Å². The van der Waals surface area contributed by atoms with Crippen molar-refractivity contribution < 1.29 is 46.8 Å². The number of piperidine rings is 1. The van der Waals surface area contributed by atoms with E-state index in [-0.39, 0.29) is 16.8 Å². The molecule has 1 saturated heterocycles. The largest absolute Gasteiger partial charge is 0.495 e. The normalized spacial score (nSPS) is 14.5. The monoisotopic (exact) mass is 570 g/mol. The molecule has 0 spiro atoms. The summed E-state index contributed by atoms with van der Waals surface area (Å²) in [7, 11) is -0.602. The van der Waals surface area contributed by atoms with Crippen LogP contribution in [0.15, 0.2) is 41.3 Å². The molecule has 13 heteroatoms. The molecule has 1 aliphatic heterocycles. The number of rotatable bonds is 11. The van der Waals surface area contributed by atoms with Gasteiger partial charge in [0.1, 0.15) is 23.1 Å². The molecular weight excluding hydrogens is 535 g/mol. The van der Waals surface area contributed by atoms with Crippen LogP contribution in [0.4, 0.5) is 4.39 Å². The van der Waals surface area contributed by atoms with Crippen LogP contribution < -0.4 is 19.5 Å². The Bertz CT molecular complexity index is 1210. The van der Waals surface area contributed by atoms with E-state index in [0.717, 1.165) is 24.8 Å². The smallest absolute Gasteiger partial charge is 0.414 e. The van der Waals surface area contributed by atoms with Crippen molar-refractivity contribution in [1.29, 1.82) is 0 Å². The predicted molar refractivity (Wildman–Crippen MR) is 140 cm³/mol. The van der Waals surface area contributed by atoms with Gasteiger partial charge in [0.15, 0.2) is 11.5 Å². The molecule has 11 nitrogen and oxygen atoms in total. The molecule has 2 aromatic rings. The molecule has 1 unspecified atom stereocenters. The highest BCUT2D eigenvalue weighted by Crippen LogP contribution is 2.30. The molecule has 0 bridgehead atoms. The van der Waals surface area contributed by atoms with Crippen LogP contribution in [0.3, 0.4) is 0 Å². The van der Waals surface area contributed by atoms with Gasteiger partial charge in [0, 0.05) is 31.7 Å². The predicted octanol–water partition coefficient (Wildman–Crippen LogP) is 2.77. The average Bonchev–Trinajstić information content (AvgIpc) is 2.92. The standard InChI is InChI=1S/C24H33FN2O5S.C2H2O4/c1-18(26-11-14-32-23-17-20(25)8-10-21(23)30-2)15-19-7-9-22(31-3)24(16-19)33(28,29)27-12-5-4-6-13-27;3-1(4)2(5)6/h7-10,16-18,26H,4-6,11-15H2,1-3H3;(H,3,4)(H,5,6). The Morgan fingerprint density at radius 2 is 1.59 bits per heavy atom. The Morgan fingerprint density at radius 1 is 0.974 bits per heavy atom. The van der Waals surface area contributed by atoms with E-state index in [1.807, 2.05) is 13.0 Å². The second-order valence-corrected chi connectivity index (χ2v) is 10.7. The number of carbonyl (C=O) groups is 2. The highest BCUT2D eigenvalue weighted by molar-refractivity contribution is 7.89. The number of aliphatic carboxylic acids is 2. The van der Waals surface area contributed by atoms with Gasteiger partial charge in [0.2, 0.25) is 10.0 Å². The van der Waals surface area contributed by atoms with Gasteiger partial charge in [-0.1, -0.05) is 12.5 Å². The van der Waals surface area contributed by atoms with Gasteiger partial charge in [-0.25, -0.2) is 22.4 Å². The average molecular weight is 571 g/mol. The van der Waals surface area contributed by atoms with E-state index >= 15 is 0 Å². The van der Waals surface area contributed by atoms with Crippen molar-refractivity contribution in [3.05, 3.63) is 47.8 Å². The zero-order valence-electron chi connectivity index (χ0n) is 22.2. The number of hydrogen-bond donors (Lipinski definition) is 3. The molecule has 216 valence electrons. The van der Waals surface area contributed by atoms with Crippen LogP contribution in [0.5, 0.6) is 17.2 Å². The van der Waals surface area contributed by atoms with Gasteiger partial charge in [-0.2, -0.15) is 4.31 Å². The van der Waals surface area contributed by atoms with Crippen molar-refractivity contribution >= 4 is 22.0 Å². The minimum atomic E-state index is -3.60. The maximum Gasteiger partial charge on any atom is 0.414 e. The number of nitrogens with zero attached hydrogens (tertiary/aromatic N) is 1. The fourth-order valence-corrected chi connectivity index (χ4v) is 5.67. The van der Waals surface area contributed by atoms with Crippen LogP contribution in [0.25, 0.3) is 0 Å². The fraction of sp³-hybridized carbons (Fsp3) is 0.462. The van der Waals surface area contributed by atoms with Crippen LogP contribution in [-0.2, 0) is 26.0 Å². The summed E-state index contributed by atoms with van der Waals surface area (Å²) in [5, 5.41) is 18.1. The lowest BCUT2D eigenvalue weighted by molar-refractivity contribution is -0.159. The first-order chi connectivity index (χ1) is 18.5. The van der Waals surface area contributed by atoms with Crippen molar-refractivity contribution in [1.82, 2.24) is 9.62 Å². The molecule has 1 atom stereocenters. The molecule has 3 N–H and O–H groups in total. The quantitative estimate of drug-likeness (QED) is 0.272. The lowest BCUT2D eigenvalue weighted by atomic mass is 10.1. The second-order valence-electron chi connectivity index (χ2n) is 8.76. The van der Waals surface area contributed by atoms with Crippen LogP contribution in [-0.4, -0.2) is 81.4 Å². The number of carboxylic acids is 2. The third-order valence-electron chi connectivity index (χ3n) is 5.86. The molecule has 0 radical (unpaired) electrons. The van der Waals surface area contributed by atoms with Gasteiger partial charge in [0.05, 0.1) is 14.2 Å². The molecule has 0 aromatic heterocycles. The van der Waals surface area contributed by atoms with Crippen molar-refractivity contribution in [2.75, 3.05) is 40.5 Å². The van der Waals surface area contributed by atoms with Crippen LogP contribution in [0, 0.1) is 5.82 Å². The maximum absolute atomic E-state index is 13.4. The lowest BCUT2D eigenvalue weighted by Gasteiger charge is -2.27. The number of benzene rings is 2. The zero-order valence-corrected chi connectivity index (χ0v) is 23.0. The van der Waals surface area contributed by atoms with E-state index in [9.17, 15) is 12.8 Å². The topological polar surface area (TPSA) is 152 Å². The van der Waals surface area contributed by atoms with Gasteiger partial charge in [0.25, 0.3) is 0 Å². The Balaban J connectivity index is 0.000000798. The third-order valence-corrected chi connectivity index (χ3v) is 7.78. The number of carboxylic acid groups (broad SMARTS) is 2. The summed E-state index contributed by atoms with van der Waals surface area (Å²) < 4.78 is 57.6. The maximum atomic E-state index is 13.4. The molecule has 1 fully saturated rings. The van der Waals surface area contributed by atoms with Gasteiger partial charge in [-0.05, 0) is 56.0 Å². The summed E-state index contributed by atoms with van der Waals surface area (Å²) in [5.41, 5.74) is 0.902. The van der Waals surface area contributed by atoms with Crippen LogP contribution in [0.1, 0.15) is 31.7 Å². The molecule has 1 heterocycles. The molecule has 2 aromatic carbocycles. The Morgan fingerprint density at radius 3 is 2.18 bits per heavy atom. The fourth-order valence-electron chi connectivity index (χ4n) is 3.95. The highest BCUT2D eigenvalue weighted by atomic mass is 32.2. The van der Waals surface area contributed by atoms with Crippen molar-refractivity contribution in [2.45, 2.75) is 43.5 Å². The molecular formula is C26H35FN2O9S. The molecule has 39 heavy (non-hydrogen) atoms. The van der Waals surface area contributed by atoms with Gasteiger partial charge in [-0.3, -0.25) is 0 Å². The summed E-state index contributed by atoms with van der Waals surface area (Å²) in [4.78, 5) is 18.4. The molecule has 0 amide bonds. The summed E-state index contributed by atoms with van der Waals surface area (Å²) in [6, 6.07) is 9.54. The van der Waals surface area contributed by atoms with Crippen molar-refractivity contribution in [3.8, 4) is 17.2 Å².